The van der Waals surface area contributed by atoms with Crippen LogP contribution in [0.2, 0.25) is 10.0 Å². The molecule has 0 heterocycles. The summed E-state index contributed by atoms with van der Waals surface area (Å²) < 4.78 is 10.6. The summed E-state index contributed by atoms with van der Waals surface area (Å²) in [6.45, 7) is 4.21. The zero-order valence-electron chi connectivity index (χ0n) is 14.1. The van der Waals surface area contributed by atoms with Crippen LogP contribution in [0.1, 0.15) is 51.4 Å². The van der Waals surface area contributed by atoms with Crippen molar-refractivity contribution >= 4 is 29.2 Å². The number of carbonyl (C=O) groups excluding carboxylic acids is 1. The maximum atomic E-state index is 11.6. The van der Waals surface area contributed by atoms with Gasteiger partial charge in [-0.25, -0.2) is 0 Å². The molecular formula is C19H26Cl2O3. The molecule has 1 rings (SSSR count). The summed E-state index contributed by atoms with van der Waals surface area (Å²) in [5.41, 5.74) is 0. The Morgan fingerprint density at radius 1 is 1.04 bits per heavy atom. The van der Waals surface area contributed by atoms with Crippen molar-refractivity contribution in [2.75, 3.05) is 13.2 Å². The molecule has 5 heteroatoms. The maximum Gasteiger partial charge on any atom is 0.305 e. The van der Waals surface area contributed by atoms with E-state index in [1.54, 1.807) is 18.2 Å². The van der Waals surface area contributed by atoms with E-state index in [1.165, 1.54) is 25.7 Å². The smallest absolute Gasteiger partial charge is 0.305 e. The standard InChI is InChI=1S/C19H26Cl2O3/c1-2-3-4-5-6-7-8-9-10-19(22)24-14-13-23-18-12-11-16(20)15-17(18)21/h2,11-12,15H,1,3-10,13-14H2. The average Bonchev–Trinajstić information content (AvgIpc) is 2.55. The first-order valence-electron chi connectivity index (χ1n) is 8.48. The Bertz CT molecular complexity index is 503. The second-order valence-corrected chi connectivity index (χ2v) is 6.44. The molecule has 0 radical (unpaired) electrons. The average molecular weight is 373 g/mol. The van der Waals surface area contributed by atoms with Crippen molar-refractivity contribution in [3.05, 3.63) is 40.9 Å². The number of benzene rings is 1. The first-order chi connectivity index (χ1) is 11.6. The van der Waals surface area contributed by atoms with Gasteiger partial charge < -0.3 is 9.47 Å². The van der Waals surface area contributed by atoms with Crippen LogP contribution in [0.25, 0.3) is 0 Å². The van der Waals surface area contributed by atoms with Gasteiger partial charge in [0.25, 0.3) is 0 Å². The van der Waals surface area contributed by atoms with E-state index in [9.17, 15) is 4.79 Å². The summed E-state index contributed by atoms with van der Waals surface area (Å²) in [6, 6.07) is 5.01. The Morgan fingerprint density at radius 2 is 1.75 bits per heavy atom. The van der Waals surface area contributed by atoms with Gasteiger partial charge in [-0.3, -0.25) is 4.79 Å². The molecule has 3 nitrogen and oxygen atoms in total. The lowest BCUT2D eigenvalue weighted by Gasteiger charge is -2.09. The van der Waals surface area contributed by atoms with Crippen molar-refractivity contribution in [1.29, 1.82) is 0 Å². The summed E-state index contributed by atoms with van der Waals surface area (Å²) in [5, 5.41) is 1.00. The van der Waals surface area contributed by atoms with E-state index < -0.39 is 0 Å². The number of carbonyl (C=O) groups is 1. The number of ether oxygens (including phenoxy) is 2. The SMILES string of the molecule is C=CCCCCCCCCC(=O)OCCOc1ccc(Cl)cc1Cl. The molecule has 0 aliphatic rings. The summed E-state index contributed by atoms with van der Waals surface area (Å²) in [5.74, 6) is 0.362. The zero-order valence-corrected chi connectivity index (χ0v) is 15.6. The Hall–Kier alpha value is -1.19. The van der Waals surface area contributed by atoms with Crippen LogP contribution in [0.4, 0.5) is 0 Å². The molecule has 0 saturated carbocycles. The zero-order chi connectivity index (χ0) is 17.6. The Balaban J connectivity index is 1.99. The first kappa shape index (κ1) is 20.9. The molecule has 0 atom stereocenters. The number of hydrogen-bond acceptors (Lipinski definition) is 3. The molecule has 0 fully saturated rings. The van der Waals surface area contributed by atoms with Crippen molar-refractivity contribution in [2.45, 2.75) is 51.4 Å². The lowest BCUT2D eigenvalue weighted by molar-refractivity contribution is -0.144. The number of rotatable bonds is 13. The van der Waals surface area contributed by atoms with E-state index in [0.29, 0.717) is 22.2 Å². The number of unbranched alkanes of at least 4 members (excludes halogenated alkanes) is 6. The highest BCUT2D eigenvalue weighted by Crippen LogP contribution is 2.27. The predicted octanol–water partition coefficient (Wildman–Crippen LogP) is 6.22. The highest BCUT2D eigenvalue weighted by Gasteiger charge is 2.05. The van der Waals surface area contributed by atoms with Gasteiger partial charge in [-0.1, -0.05) is 55.0 Å². The molecule has 0 spiro atoms. The van der Waals surface area contributed by atoms with Crippen molar-refractivity contribution in [3.63, 3.8) is 0 Å². The maximum absolute atomic E-state index is 11.6. The number of hydrogen-bond donors (Lipinski definition) is 0. The van der Waals surface area contributed by atoms with E-state index in [0.717, 1.165) is 19.3 Å². The molecule has 0 amide bonds. The van der Waals surface area contributed by atoms with Gasteiger partial charge in [-0.05, 0) is 37.5 Å². The van der Waals surface area contributed by atoms with E-state index >= 15 is 0 Å². The fourth-order valence-electron chi connectivity index (χ4n) is 2.24. The third kappa shape index (κ3) is 9.84. The van der Waals surface area contributed by atoms with Gasteiger partial charge in [0.15, 0.2) is 0 Å². The van der Waals surface area contributed by atoms with Gasteiger partial charge in [0, 0.05) is 11.4 Å². The molecule has 134 valence electrons. The molecule has 1 aromatic rings. The van der Waals surface area contributed by atoms with Crippen LogP contribution in [0.15, 0.2) is 30.9 Å². The molecule has 0 bridgehead atoms. The minimum Gasteiger partial charge on any atom is -0.488 e. The van der Waals surface area contributed by atoms with Crippen LogP contribution in [-0.4, -0.2) is 19.2 Å². The number of allylic oxidation sites excluding steroid dienone is 1. The summed E-state index contributed by atoms with van der Waals surface area (Å²) >= 11 is 11.8. The molecule has 24 heavy (non-hydrogen) atoms. The van der Waals surface area contributed by atoms with E-state index in [1.807, 2.05) is 6.08 Å². The second kappa shape index (κ2) is 13.1. The Labute approximate surface area is 154 Å². The topological polar surface area (TPSA) is 35.5 Å². The van der Waals surface area contributed by atoms with Crippen LogP contribution in [-0.2, 0) is 9.53 Å². The largest absolute Gasteiger partial charge is 0.488 e. The van der Waals surface area contributed by atoms with Gasteiger partial charge in [0.1, 0.15) is 19.0 Å². The highest BCUT2D eigenvalue weighted by molar-refractivity contribution is 6.35. The van der Waals surface area contributed by atoms with Gasteiger partial charge in [-0.15, -0.1) is 6.58 Å². The molecule has 0 aliphatic heterocycles. The minimum atomic E-state index is -0.174. The van der Waals surface area contributed by atoms with E-state index in [2.05, 4.69) is 6.58 Å². The Kier molecular flexibility index (Phi) is 11.4. The van der Waals surface area contributed by atoms with Crippen molar-refractivity contribution in [1.82, 2.24) is 0 Å². The van der Waals surface area contributed by atoms with Gasteiger partial charge in [0.05, 0.1) is 5.02 Å². The van der Waals surface area contributed by atoms with Gasteiger partial charge in [0.2, 0.25) is 0 Å². The molecule has 0 saturated heterocycles. The van der Waals surface area contributed by atoms with Crippen LogP contribution in [0, 0.1) is 0 Å². The van der Waals surface area contributed by atoms with E-state index in [-0.39, 0.29) is 19.2 Å². The summed E-state index contributed by atoms with van der Waals surface area (Å²) in [4.78, 5) is 11.6. The quantitative estimate of drug-likeness (QED) is 0.234. The van der Waals surface area contributed by atoms with Gasteiger partial charge in [-0.2, -0.15) is 0 Å². The second-order valence-electron chi connectivity index (χ2n) is 5.59. The molecule has 0 unspecified atom stereocenters. The molecule has 0 aliphatic carbocycles. The Morgan fingerprint density at radius 3 is 2.46 bits per heavy atom. The number of halogens is 2. The molecule has 1 aromatic carbocycles. The fourth-order valence-corrected chi connectivity index (χ4v) is 2.70. The molecule has 0 N–H and O–H groups in total. The normalized spacial score (nSPS) is 10.4. The third-order valence-electron chi connectivity index (χ3n) is 3.54. The van der Waals surface area contributed by atoms with Crippen molar-refractivity contribution in [2.24, 2.45) is 0 Å². The third-order valence-corrected chi connectivity index (χ3v) is 4.07. The van der Waals surface area contributed by atoms with Crippen LogP contribution in [0.5, 0.6) is 5.75 Å². The number of esters is 1. The molecular weight excluding hydrogens is 347 g/mol. The van der Waals surface area contributed by atoms with Crippen molar-refractivity contribution < 1.29 is 14.3 Å². The van der Waals surface area contributed by atoms with Crippen LogP contribution in [0.3, 0.4) is 0 Å². The fraction of sp³-hybridized carbons (Fsp3) is 0.526. The van der Waals surface area contributed by atoms with Crippen molar-refractivity contribution in [3.8, 4) is 5.75 Å². The predicted molar refractivity (Wildman–Crippen MR) is 100 cm³/mol. The lowest BCUT2D eigenvalue weighted by atomic mass is 10.1. The summed E-state index contributed by atoms with van der Waals surface area (Å²) in [6.07, 6.45) is 10.3. The van der Waals surface area contributed by atoms with Gasteiger partial charge >= 0.3 is 5.97 Å². The monoisotopic (exact) mass is 372 g/mol. The summed E-state index contributed by atoms with van der Waals surface area (Å²) in [7, 11) is 0. The molecule has 0 aromatic heterocycles. The van der Waals surface area contributed by atoms with E-state index in [4.69, 9.17) is 32.7 Å². The minimum absolute atomic E-state index is 0.174. The van der Waals surface area contributed by atoms with Crippen LogP contribution >= 0.6 is 23.2 Å². The van der Waals surface area contributed by atoms with Crippen LogP contribution < -0.4 is 4.74 Å². The lowest BCUT2D eigenvalue weighted by Crippen LogP contribution is -2.12. The first-order valence-corrected chi connectivity index (χ1v) is 9.23. The highest BCUT2D eigenvalue weighted by atomic mass is 35.5.